The van der Waals surface area contributed by atoms with Crippen LogP contribution in [0.15, 0.2) is 77.7 Å². The number of thiazole rings is 1. The second kappa shape index (κ2) is 8.70. The Bertz CT molecular complexity index is 1410. The Morgan fingerprint density at radius 2 is 1.70 bits per heavy atom. The molecule has 168 valence electrons. The molecule has 1 aliphatic rings. The van der Waals surface area contributed by atoms with E-state index in [1.807, 2.05) is 55.5 Å². The van der Waals surface area contributed by atoms with Gasteiger partial charge in [0.1, 0.15) is 0 Å². The third-order valence-electron chi connectivity index (χ3n) is 5.82. The highest BCUT2D eigenvalue weighted by Crippen LogP contribution is 2.36. The second-order valence-electron chi connectivity index (χ2n) is 8.03. The Hall–Kier alpha value is -3.07. The van der Waals surface area contributed by atoms with E-state index in [2.05, 4.69) is 0 Å². The highest BCUT2D eigenvalue weighted by molar-refractivity contribution is 7.89. The van der Waals surface area contributed by atoms with Gasteiger partial charge in [-0.1, -0.05) is 47.7 Å². The van der Waals surface area contributed by atoms with Crippen LogP contribution in [0.25, 0.3) is 10.2 Å². The lowest BCUT2D eigenvalue weighted by molar-refractivity contribution is 0.0999. The number of nitrogens with zero attached hydrogens (tertiary/aromatic N) is 3. The summed E-state index contributed by atoms with van der Waals surface area (Å²) in [5.41, 5.74) is 2.76. The number of aromatic nitrogens is 1. The number of carbonyl (C=O) groups is 1. The summed E-state index contributed by atoms with van der Waals surface area (Å²) in [6.07, 6.45) is 1.72. The number of benzene rings is 3. The highest BCUT2D eigenvalue weighted by atomic mass is 32.2. The minimum absolute atomic E-state index is 0.143. The normalized spacial score (nSPS) is 14.6. The summed E-state index contributed by atoms with van der Waals surface area (Å²) in [5, 5.41) is 0.545. The van der Waals surface area contributed by atoms with Gasteiger partial charge in [0.2, 0.25) is 10.0 Å². The Morgan fingerprint density at radius 3 is 2.45 bits per heavy atom. The predicted octanol–water partition coefficient (Wildman–Crippen LogP) is 5.37. The Kier molecular flexibility index (Phi) is 5.74. The highest BCUT2D eigenvalue weighted by Gasteiger charge is 2.29. The van der Waals surface area contributed by atoms with Crippen LogP contribution < -0.4 is 4.90 Å². The predicted molar refractivity (Wildman–Crippen MR) is 132 cm³/mol. The van der Waals surface area contributed by atoms with E-state index >= 15 is 0 Å². The number of hydrogen-bond donors (Lipinski definition) is 0. The lowest BCUT2D eigenvalue weighted by Gasteiger charge is -2.22. The smallest absolute Gasteiger partial charge is 0.264 e. The Labute approximate surface area is 197 Å². The van der Waals surface area contributed by atoms with Crippen LogP contribution in [-0.2, 0) is 10.0 Å². The molecule has 0 bridgehead atoms. The molecule has 2 heterocycles. The van der Waals surface area contributed by atoms with E-state index in [4.69, 9.17) is 4.98 Å². The molecule has 1 saturated heterocycles. The number of aryl methyl sites for hydroxylation is 1. The molecule has 1 aromatic heterocycles. The summed E-state index contributed by atoms with van der Waals surface area (Å²) in [4.78, 5) is 20.3. The molecule has 0 radical (unpaired) electrons. The lowest BCUT2D eigenvalue weighted by Crippen LogP contribution is -2.29. The summed E-state index contributed by atoms with van der Waals surface area (Å²) >= 11 is 1.43. The number of rotatable bonds is 5. The van der Waals surface area contributed by atoms with Crippen molar-refractivity contribution < 1.29 is 13.2 Å². The minimum Gasteiger partial charge on any atom is -0.268 e. The molecular weight excluding hydrogens is 454 g/mol. The number of carbonyl (C=O) groups excluding carboxylic acids is 1. The van der Waals surface area contributed by atoms with Crippen LogP contribution in [0.2, 0.25) is 0 Å². The third-order valence-corrected chi connectivity index (χ3v) is 8.73. The summed E-state index contributed by atoms with van der Waals surface area (Å²) < 4.78 is 28.6. The third kappa shape index (κ3) is 4.06. The molecule has 0 unspecified atom stereocenters. The van der Waals surface area contributed by atoms with Gasteiger partial charge < -0.3 is 0 Å². The zero-order valence-corrected chi connectivity index (χ0v) is 19.8. The Morgan fingerprint density at radius 1 is 0.970 bits per heavy atom. The monoisotopic (exact) mass is 477 g/mol. The minimum atomic E-state index is -3.63. The number of sulfonamides is 1. The number of para-hydroxylation sites is 2. The van der Waals surface area contributed by atoms with Crippen LogP contribution in [0.5, 0.6) is 0 Å². The maximum Gasteiger partial charge on any atom is 0.264 e. The van der Waals surface area contributed by atoms with Crippen LogP contribution in [0, 0.1) is 6.92 Å². The summed E-state index contributed by atoms with van der Waals surface area (Å²) in [5.74, 6) is -0.318. The first-order chi connectivity index (χ1) is 15.9. The van der Waals surface area contributed by atoms with Crippen molar-refractivity contribution in [2.45, 2.75) is 24.7 Å². The fourth-order valence-electron chi connectivity index (χ4n) is 4.07. The van der Waals surface area contributed by atoms with Gasteiger partial charge >= 0.3 is 0 Å². The van der Waals surface area contributed by atoms with Crippen molar-refractivity contribution in [1.29, 1.82) is 0 Å². The largest absolute Gasteiger partial charge is 0.268 e. The van der Waals surface area contributed by atoms with Gasteiger partial charge in [-0.2, -0.15) is 4.31 Å². The van der Waals surface area contributed by atoms with Gasteiger partial charge in [0, 0.05) is 18.7 Å². The first-order valence-electron chi connectivity index (χ1n) is 10.8. The number of anilines is 2. The average Bonchev–Trinajstić information content (AvgIpc) is 3.51. The number of fused-ring (bicyclic) bond motifs is 1. The Balaban J connectivity index is 1.60. The molecular formula is C25H23N3O3S2. The van der Waals surface area contributed by atoms with E-state index in [0.29, 0.717) is 29.5 Å². The summed E-state index contributed by atoms with van der Waals surface area (Å²) in [6, 6.07) is 21.7. The van der Waals surface area contributed by atoms with Gasteiger partial charge in [-0.3, -0.25) is 9.69 Å². The topological polar surface area (TPSA) is 70.6 Å². The molecule has 33 heavy (non-hydrogen) atoms. The molecule has 5 rings (SSSR count). The molecule has 1 aliphatic heterocycles. The molecule has 3 aromatic carbocycles. The van der Waals surface area contributed by atoms with E-state index in [0.717, 1.165) is 28.6 Å². The first kappa shape index (κ1) is 21.8. The van der Waals surface area contributed by atoms with Crippen molar-refractivity contribution >= 4 is 48.3 Å². The zero-order valence-electron chi connectivity index (χ0n) is 18.1. The van der Waals surface area contributed by atoms with Crippen molar-refractivity contribution in [3.63, 3.8) is 0 Å². The van der Waals surface area contributed by atoms with E-state index in [1.165, 1.54) is 21.7 Å². The SMILES string of the molecule is Cc1ccccc1N(C(=O)c1cccc(S(=O)(=O)N2CCCC2)c1)c1nc2ccccc2s1. The van der Waals surface area contributed by atoms with E-state index in [9.17, 15) is 13.2 Å². The fraction of sp³-hybridized carbons (Fsp3) is 0.200. The second-order valence-corrected chi connectivity index (χ2v) is 11.0. The van der Waals surface area contributed by atoms with Crippen molar-refractivity contribution in [1.82, 2.24) is 9.29 Å². The molecule has 0 N–H and O–H groups in total. The molecule has 8 heteroatoms. The van der Waals surface area contributed by atoms with Crippen LogP contribution in [-0.4, -0.2) is 36.7 Å². The van der Waals surface area contributed by atoms with E-state index in [-0.39, 0.29) is 10.8 Å². The van der Waals surface area contributed by atoms with Gasteiger partial charge in [0.05, 0.1) is 20.8 Å². The fourth-order valence-corrected chi connectivity index (χ4v) is 6.61. The quantitative estimate of drug-likeness (QED) is 0.388. The molecule has 4 aromatic rings. The molecule has 0 spiro atoms. The van der Waals surface area contributed by atoms with Gasteiger partial charge in [-0.05, 0) is 61.7 Å². The average molecular weight is 478 g/mol. The first-order valence-corrected chi connectivity index (χ1v) is 13.1. The maximum atomic E-state index is 13.9. The van der Waals surface area contributed by atoms with Crippen molar-refractivity contribution in [2.75, 3.05) is 18.0 Å². The van der Waals surface area contributed by atoms with Crippen molar-refractivity contribution in [2.24, 2.45) is 0 Å². The molecule has 0 atom stereocenters. The lowest BCUT2D eigenvalue weighted by atomic mass is 10.1. The molecule has 0 aliphatic carbocycles. The van der Waals surface area contributed by atoms with Gasteiger partial charge in [-0.25, -0.2) is 13.4 Å². The van der Waals surface area contributed by atoms with Gasteiger partial charge in [-0.15, -0.1) is 0 Å². The maximum absolute atomic E-state index is 13.9. The summed E-state index contributed by atoms with van der Waals surface area (Å²) in [6.45, 7) is 2.97. The zero-order chi connectivity index (χ0) is 23.0. The van der Waals surface area contributed by atoms with Crippen LogP contribution in [0.3, 0.4) is 0 Å². The van der Waals surface area contributed by atoms with Gasteiger partial charge in [0.25, 0.3) is 5.91 Å². The summed E-state index contributed by atoms with van der Waals surface area (Å²) in [7, 11) is -3.63. The molecule has 1 amide bonds. The van der Waals surface area contributed by atoms with E-state index in [1.54, 1.807) is 23.1 Å². The molecule has 1 fully saturated rings. The number of hydrogen-bond acceptors (Lipinski definition) is 5. The van der Waals surface area contributed by atoms with E-state index < -0.39 is 10.0 Å². The van der Waals surface area contributed by atoms with Crippen molar-refractivity contribution in [3.05, 3.63) is 83.9 Å². The number of amides is 1. The van der Waals surface area contributed by atoms with Crippen LogP contribution in [0.4, 0.5) is 10.8 Å². The molecule has 0 saturated carbocycles. The van der Waals surface area contributed by atoms with Crippen LogP contribution in [0.1, 0.15) is 28.8 Å². The van der Waals surface area contributed by atoms with Crippen LogP contribution >= 0.6 is 11.3 Å². The van der Waals surface area contributed by atoms with Gasteiger partial charge in [0.15, 0.2) is 5.13 Å². The van der Waals surface area contributed by atoms with Crippen molar-refractivity contribution in [3.8, 4) is 0 Å². The standard InChI is InChI=1S/C25H23N3O3S2/c1-18-9-2-4-13-22(18)28(25-26-21-12-3-5-14-23(21)32-25)24(29)19-10-8-11-20(17-19)33(30,31)27-15-6-7-16-27/h2-5,8-14,17H,6-7,15-16H2,1H3. The molecule has 6 nitrogen and oxygen atoms in total.